The molecule has 1 amide bonds. The molecule has 0 heterocycles. The molecule has 2 atom stereocenters. The van der Waals surface area contributed by atoms with Gasteiger partial charge in [0.1, 0.15) is 5.60 Å². The van der Waals surface area contributed by atoms with Crippen molar-refractivity contribution in [2.45, 2.75) is 38.5 Å². The standard InChI is InChI=1S/C10H18N2O3S/c1-10(2,3)15-9(14)12-7(6-16-4)8(13)5-11/h7-8,13H,6H2,1-4H3,(H,12,14). The van der Waals surface area contributed by atoms with E-state index >= 15 is 0 Å². The van der Waals surface area contributed by atoms with Crippen LogP contribution in [0.5, 0.6) is 0 Å². The van der Waals surface area contributed by atoms with Crippen LogP contribution in [-0.2, 0) is 4.74 Å². The van der Waals surface area contributed by atoms with Gasteiger partial charge in [0.25, 0.3) is 0 Å². The molecule has 2 N–H and O–H groups in total. The minimum absolute atomic E-state index is 0.452. The first kappa shape index (κ1) is 15.1. The average Bonchev–Trinajstić information content (AvgIpc) is 2.13. The van der Waals surface area contributed by atoms with Gasteiger partial charge in [0.2, 0.25) is 0 Å². The maximum atomic E-state index is 11.4. The summed E-state index contributed by atoms with van der Waals surface area (Å²) >= 11 is 1.43. The second-order valence-electron chi connectivity index (χ2n) is 4.28. The second-order valence-corrected chi connectivity index (χ2v) is 5.19. The van der Waals surface area contributed by atoms with Gasteiger partial charge in [-0.3, -0.25) is 0 Å². The van der Waals surface area contributed by atoms with E-state index in [2.05, 4.69) is 5.32 Å². The van der Waals surface area contributed by atoms with Crippen LogP contribution in [0.15, 0.2) is 0 Å². The number of rotatable bonds is 4. The van der Waals surface area contributed by atoms with Crippen LogP contribution in [0.1, 0.15) is 20.8 Å². The number of nitriles is 1. The number of carbonyl (C=O) groups is 1. The van der Waals surface area contributed by atoms with E-state index in [0.717, 1.165) is 0 Å². The lowest BCUT2D eigenvalue weighted by molar-refractivity contribution is 0.0470. The molecule has 0 spiro atoms. The van der Waals surface area contributed by atoms with E-state index in [1.165, 1.54) is 11.8 Å². The summed E-state index contributed by atoms with van der Waals surface area (Å²) in [5.41, 5.74) is -0.592. The molecule has 0 saturated heterocycles. The van der Waals surface area contributed by atoms with Crippen LogP contribution >= 0.6 is 11.8 Å². The van der Waals surface area contributed by atoms with Gasteiger partial charge in [0.05, 0.1) is 12.1 Å². The molecule has 6 heteroatoms. The summed E-state index contributed by atoms with van der Waals surface area (Å²) in [5, 5.41) is 20.4. The van der Waals surface area contributed by atoms with Crippen molar-refractivity contribution < 1.29 is 14.6 Å². The first-order chi connectivity index (χ1) is 7.30. The molecule has 0 saturated carbocycles. The normalized spacial score (nSPS) is 14.8. The SMILES string of the molecule is CSCC(NC(=O)OC(C)(C)C)C(O)C#N. The Hall–Kier alpha value is -0.930. The lowest BCUT2D eigenvalue weighted by Gasteiger charge is -2.23. The van der Waals surface area contributed by atoms with Gasteiger partial charge >= 0.3 is 6.09 Å². The molecule has 0 fully saturated rings. The number of ether oxygens (including phenoxy) is 1. The lowest BCUT2D eigenvalue weighted by atomic mass is 10.2. The molecule has 5 nitrogen and oxygen atoms in total. The first-order valence-electron chi connectivity index (χ1n) is 4.86. The zero-order chi connectivity index (χ0) is 12.8. The van der Waals surface area contributed by atoms with Gasteiger partial charge in [0.15, 0.2) is 6.10 Å². The topological polar surface area (TPSA) is 82.3 Å². The molecule has 0 radical (unpaired) electrons. The van der Waals surface area contributed by atoms with E-state index in [4.69, 9.17) is 10.00 Å². The van der Waals surface area contributed by atoms with Crippen molar-refractivity contribution in [3.63, 3.8) is 0 Å². The Kier molecular flexibility index (Phi) is 6.22. The molecule has 16 heavy (non-hydrogen) atoms. The number of alkyl carbamates (subject to hydrolysis) is 1. The highest BCUT2D eigenvalue weighted by atomic mass is 32.2. The van der Waals surface area contributed by atoms with Crippen molar-refractivity contribution in [3.8, 4) is 6.07 Å². The van der Waals surface area contributed by atoms with Crippen LogP contribution < -0.4 is 5.32 Å². The van der Waals surface area contributed by atoms with E-state index in [-0.39, 0.29) is 0 Å². The number of aliphatic hydroxyl groups is 1. The molecule has 0 aliphatic rings. The van der Waals surface area contributed by atoms with Crippen molar-refractivity contribution in [3.05, 3.63) is 0 Å². The third-order valence-corrected chi connectivity index (χ3v) is 2.25. The van der Waals surface area contributed by atoms with Crippen LogP contribution in [0.25, 0.3) is 0 Å². The van der Waals surface area contributed by atoms with Gasteiger partial charge < -0.3 is 15.2 Å². The fourth-order valence-electron chi connectivity index (χ4n) is 0.940. The van der Waals surface area contributed by atoms with Gasteiger partial charge in [-0.05, 0) is 27.0 Å². The van der Waals surface area contributed by atoms with Crippen molar-refractivity contribution in [1.29, 1.82) is 5.26 Å². The predicted molar refractivity (Wildman–Crippen MR) is 63.2 cm³/mol. The van der Waals surface area contributed by atoms with Crippen molar-refractivity contribution in [2.75, 3.05) is 12.0 Å². The highest BCUT2D eigenvalue weighted by molar-refractivity contribution is 7.98. The molecular weight excluding hydrogens is 228 g/mol. The summed E-state index contributed by atoms with van der Waals surface area (Å²) in [4.78, 5) is 11.4. The lowest BCUT2D eigenvalue weighted by Crippen LogP contribution is -2.46. The smallest absolute Gasteiger partial charge is 0.408 e. The van der Waals surface area contributed by atoms with Gasteiger partial charge in [-0.25, -0.2) is 4.79 Å². The number of aliphatic hydroxyl groups excluding tert-OH is 1. The zero-order valence-electron chi connectivity index (χ0n) is 9.98. The van der Waals surface area contributed by atoms with Gasteiger partial charge in [-0.1, -0.05) is 0 Å². The molecule has 0 rings (SSSR count). The summed E-state index contributed by atoms with van der Waals surface area (Å²) in [6.07, 6.45) is -0.0192. The van der Waals surface area contributed by atoms with Crippen LogP contribution in [0, 0.1) is 11.3 Å². The maximum absolute atomic E-state index is 11.4. The minimum Gasteiger partial charge on any atom is -0.444 e. The van der Waals surface area contributed by atoms with Crippen molar-refractivity contribution in [2.24, 2.45) is 0 Å². The third-order valence-electron chi connectivity index (χ3n) is 1.56. The summed E-state index contributed by atoms with van der Waals surface area (Å²) in [6, 6.07) is 1.07. The quantitative estimate of drug-likeness (QED) is 0.726. The van der Waals surface area contributed by atoms with Crippen molar-refractivity contribution in [1.82, 2.24) is 5.32 Å². The predicted octanol–water partition coefficient (Wildman–Crippen LogP) is 1.13. The molecule has 0 aromatic carbocycles. The summed E-state index contributed by atoms with van der Waals surface area (Å²) in [6.45, 7) is 5.24. The Labute approximate surface area is 100 Å². The molecular formula is C10H18N2O3S. The molecule has 0 aromatic rings. The number of hydrogen-bond donors (Lipinski definition) is 2. The number of carbonyl (C=O) groups excluding carboxylic acids is 1. The van der Waals surface area contributed by atoms with Crippen LogP contribution in [0.2, 0.25) is 0 Å². The van der Waals surface area contributed by atoms with Crippen LogP contribution in [0.4, 0.5) is 4.79 Å². The maximum Gasteiger partial charge on any atom is 0.408 e. The number of thioether (sulfide) groups is 1. The Bertz CT molecular complexity index is 270. The monoisotopic (exact) mass is 246 g/mol. The van der Waals surface area contributed by atoms with Gasteiger partial charge in [0, 0.05) is 5.75 Å². The van der Waals surface area contributed by atoms with Gasteiger partial charge in [-0.15, -0.1) is 0 Å². The van der Waals surface area contributed by atoms with E-state index in [1.54, 1.807) is 26.8 Å². The Balaban J connectivity index is 4.30. The highest BCUT2D eigenvalue weighted by Gasteiger charge is 2.23. The van der Waals surface area contributed by atoms with E-state index in [9.17, 15) is 9.90 Å². The summed E-state index contributed by atoms with van der Waals surface area (Å²) < 4.78 is 5.03. The zero-order valence-corrected chi connectivity index (χ0v) is 10.8. The van der Waals surface area contributed by atoms with Crippen LogP contribution in [-0.4, -0.2) is 41.0 Å². The van der Waals surface area contributed by atoms with Crippen molar-refractivity contribution >= 4 is 17.9 Å². The largest absolute Gasteiger partial charge is 0.444 e. The Morgan fingerprint density at radius 3 is 2.56 bits per heavy atom. The van der Waals surface area contributed by atoms with E-state index < -0.39 is 23.8 Å². The number of hydrogen-bond acceptors (Lipinski definition) is 5. The van der Waals surface area contributed by atoms with Gasteiger partial charge in [-0.2, -0.15) is 17.0 Å². The minimum atomic E-state index is -1.22. The summed E-state index contributed by atoms with van der Waals surface area (Å²) in [5.74, 6) is 0.452. The first-order valence-corrected chi connectivity index (χ1v) is 6.25. The Morgan fingerprint density at radius 1 is 1.62 bits per heavy atom. The fourth-order valence-corrected chi connectivity index (χ4v) is 1.56. The number of nitrogens with one attached hydrogen (secondary N) is 1. The molecule has 92 valence electrons. The molecule has 2 unspecified atom stereocenters. The van der Waals surface area contributed by atoms with Crippen LogP contribution in [0.3, 0.4) is 0 Å². The number of amides is 1. The highest BCUT2D eigenvalue weighted by Crippen LogP contribution is 2.08. The summed E-state index contributed by atoms with van der Waals surface area (Å²) in [7, 11) is 0. The van der Waals surface area contributed by atoms with E-state index in [1.807, 2.05) is 6.26 Å². The third kappa shape index (κ3) is 6.53. The number of nitrogens with zero attached hydrogens (tertiary/aromatic N) is 1. The Morgan fingerprint density at radius 2 is 2.19 bits per heavy atom. The second kappa shape index (κ2) is 6.61. The molecule has 0 aliphatic carbocycles. The molecule has 0 bridgehead atoms. The molecule has 0 aromatic heterocycles. The average molecular weight is 246 g/mol. The molecule has 0 aliphatic heterocycles. The fraction of sp³-hybridized carbons (Fsp3) is 0.800. The van der Waals surface area contributed by atoms with E-state index in [0.29, 0.717) is 5.75 Å².